The van der Waals surface area contributed by atoms with Crippen LogP contribution in [-0.2, 0) is 7.05 Å². The Morgan fingerprint density at radius 1 is 0.966 bits per heavy atom. The molecular formula is C24H16FNO3. The van der Waals surface area contributed by atoms with Crippen molar-refractivity contribution in [2.75, 3.05) is 0 Å². The third-order valence-corrected chi connectivity index (χ3v) is 5.38. The number of carbonyl (C=O) groups is 2. The number of furan rings is 1. The predicted molar refractivity (Wildman–Crippen MR) is 108 cm³/mol. The number of Topliss-reactive ketones (excluding diaryl/α,β-unsaturated/α-hetero) is 2. The first-order valence-electron chi connectivity index (χ1n) is 9.20. The van der Waals surface area contributed by atoms with Gasteiger partial charge in [-0.2, -0.15) is 0 Å². The SMILES string of the molecule is Cc1cc2c(cc1F)C(=O)/C(=C/c1cc3c(cc(-c4ccccc4)n3C)o1)C2=O. The molecule has 0 saturated carbocycles. The topological polar surface area (TPSA) is 52.2 Å². The largest absolute Gasteiger partial charge is 0.455 e. The van der Waals surface area contributed by atoms with E-state index in [4.69, 9.17) is 4.42 Å². The van der Waals surface area contributed by atoms with Gasteiger partial charge in [0, 0.05) is 30.3 Å². The lowest BCUT2D eigenvalue weighted by molar-refractivity contribution is 0.0990. The summed E-state index contributed by atoms with van der Waals surface area (Å²) in [7, 11) is 1.93. The molecule has 0 saturated heterocycles. The van der Waals surface area contributed by atoms with E-state index in [1.807, 2.05) is 48.0 Å². The van der Waals surface area contributed by atoms with Crippen LogP contribution >= 0.6 is 0 Å². The lowest BCUT2D eigenvalue weighted by Crippen LogP contribution is -1.99. The van der Waals surface area contributed by atoms with Gasteiger partial charge in [-0.3, -0.25) is 9.59 Å². The van der Waals surface area contributed by atoms with Gasteiger partial charge in [0.15, 0.2) is 17.1 Å². The molecule has 0 amide bonds. The summed E-state index contributed by atoms with van der Waals surface area (Å²) in [5.41, 5.74) is 4.26. The highest BCUT2D eigenvalue weighted by Gasteiger charge is 2.34. The summed E-state index contributed by atoms with van der Waals surface area (Å²) in [6.07, 6.45) is 1.44. The Balaban J connectivity index is 1.56. The van der Waals surface area contributed by atoms with Crippen LogP contribution in [0, 0.1) is 12.7 Å². The van der Waals surface area contributed by atoms with Crippen molar-refractivity contribution in [3.8, 4) is 11.3 Å². The van der Waals surface area contributed by atoms with E-state index in [1.165, 1.54) is 12.1 Å². The van der Waals surface area contributed by atoms with E-state index in [0.717, 1.165) is 22.8 Å². The molecule has 4 nitrogen and oxygen atoms in total. The number of aryl methyl sites for hydroxylation is 2. The summed E-state index contributed by atoms with van der Waals surface area (Å²) < 4.78 is 21.7. The first kappa shape index (κ1) is 17.4. The van der Waals surface area contributed by atoms with E-state index >= 15 is 0 Å². The van der Waals surface area contributed by atoms with Gasteiger partial charge in [-0.25, -0.2) is 4.39 Å². The van der Waals surface area contributed by atoms with Crippen molar-refractivity contribution in [1.82, 2.24) is 4.57 Å². The first-order valence-corrected chi connectivity index (χ1v) is 9.20. The van der Waals surface area contributed by atoms with Crippen LogP contribution in [0.1, 0.15) is 32.0 Å². The summed E-state index contributed by atoms with van der Waals surface area (Å²) in [5.74, 6) is -0.969. The van der Waals surface area contributed by atoms with Crippen LogP contribution in [0.5, 0.6) is 0 Å². The average Bonchev–Trinajstić information content (AvgIpc) is 3.32. The molecule has 2 aromatic heterocycles. The fourth-order valence-electron chi connectivity index (χ4n) is 3.81. The number of halogens is 1. The highest BCUT2D eigenvalue weighted by molar-refractivity contribution is 6.41. The zero-order chi connectivity index (χ0) is 20.3. The molecular weight excluding hydrogens is 369 g/mol. The van der Waals surface area contributed by atoms with Crippen molar-refractivity contribution in [3.63, 3.8) is 0 Å². The third kappa shape index (κ3) is 2.58. The molecule has 0 unspecified atom stereocenters. The molecule has 0 aliphatic heterocycles. The maximum atomic E-state index is 13.8. The Bertz CT molecular complexity index is 1310. The molecule has 4 aromatic rings. The van der Waals surface area contributed by atoms with Crippen molar-refractivity contribution < 1.29 is 18.4 Å². The number of carbonyl (C=O) groups excluding carboxylic acids is 2. The van der Waals surface area contributed by atoms with Crippen LogP contribution in [0.2, 0.25) is 0 Å². The van der Waals surface area contributed by atoms with Gasteiger partial charge in [0.1, 0.15) is 11.6 Å². The maximum Gasteiger partial charge on any atom is 0.197 e. The van der Waals surface area contributed by atoms with Gasteiger partial charge in [-0.05, 0) is 36.3 Å². The van der Waals surface area contributed by atoms with E-state index in [2.05, 4.69) is 0 Å². The highest BCUT2D eigenvalue weighted by atomic mass is 19.1. The summed E-state index contributed by atoms with van der Waals surface area (Å²) in [6.45, 7) is 1.57. The Hall–Kier alpha value is -3.73. The summed E-state index contributed by atoms with van der Waals surface area (Å²) >= 11 is 0. The Labute approximate surface area is 165 Å². The second-order valence-corrected chi connectivity index (χ2v) is 7.22. The minimum atomic E-state index is -0.497. The minimum absolute atomic E-state index is 0.00709. The molecule has 0 spiro atoms. The monoisotopic (exact) mass is 385 g/mol. The molecule has 0 radical (unpaired) electrons. The van der Waals surface area contributed by atoms with Gasteiger partial charge < -0.3 is 8.98 Å². The van der Waals surface area contributed by atoms with Crippen LogP contribution in [0.25, 0.3) is 28.4 Å². The zero-order valence-corrected chi connectivity index (χ0v) is 15.8. The van der Waals surface area contributed by atoms with E-state index < -0.39 is 17.4 Å². The number of hydrogen-bond donors (Lipinski definition) is 0. The van der Waals surface area contributed by atoms with Crippen LogP contribution < -0.4 is 0 Å². The van der Waals surface area contributed by atoms with Crippen molar-refractivity contribution >= 4 is 28.7 Å². The normalized spacial score (nSPS) is 14.9. The number of rotatable bonds is 2. The van der Waals surface area contributed by atoms with Crippen molar-refractivity contribution in [1.29, 1.82) is 0 Å². The molecule has 1 aliphatic rings. The maximum absolute atomic E-state index is 13.8. The van der Waals surface area contributed by atoms with Crippen molar-refractivity contribution in [2.45, 2.75) is 6.92 Å². The van der Waals surface area contributed by atoms with Gasteiger partial charge in [0.05, 0.1) is 16.8 Å². The number of fused-ring (bicyclic) bond motifs is 2. The Kier molecular flexibility index (Phi) is 3.68. The van der Waals surface area contributed by atoms with E-state index in [1.54, 1.807) is 13.0 Å². The number of ketones is 2. The molecule has 5 rings (SSSR count). The van der Waals surface area contributed by atoms with E-state index in [0.29, 0.717) is 16.9 Å². The molecule has 2 heterocycles. The number of nitrogens with zero attached hydrogens (tertiary/aromatic N) is 1. The molecule has 0 bridgehead atoms. The highest BCUT2D eigenvalue weighted by Crippen LogP contribution is 2.33. The number of benzene rings is 2. The van der Waals surface area contributed by atoms with Gasteiger partial charge >= 0.3 is 0 Å². The van der Waals surface area contributed by atoms with Crippen LogP contribution in [-0.4, -0.2) is 16.1 Å². The van der Waals surface area contributed by atoms with Crippen molar-refractivity contribution in [2.24, 2.45) is 7.05 Å². The van der Waals surface area contributed by atoms with Crippen LogP contribution in [0.15, 0.2) is 64.6 Å². The van der Waals surface area contributed by atoms with Crippen molar-refractivity contribution in [3.05, 3.63) is 88.4 Å². The molecule has 1 aliphatic carbocycles. The molecule has 2 aromatic carbocycles. The lowest BCUT2D eigenvalue weighted by atomic mass is 10.1. The van der Waals surface area contributed by atoms with Gasteiger partial charge in [-0.1, -0.05) is 30.3 Å². The number of aromatic nitrogens is 1. The number of allylic oxidation sites excluding steroid dienone is 1. The molecule has 5 heteroatoms. The minimum Gasteiger partial charge on any atom is -0.455 e. The molecule has 142 valence electrons. The summed E-state index contributed by atoms with van der Waals surface area (Å²) in [4.78, 5) is 25.3. The molecule has 0 N–H and O–H groups in total. The standard InChI is InChI=1S/C24H16FNO3/c1-13-8-16-17(11-19(13)25)24(28)18(23(16)27)9-15-10-21-22(29-15)12-20(26(21)2)14-6-4-3-5-7-14/h3-12H,1-2H3/b18-9+. The lowest BCUT2D eigenvalue weighted by Gasteiger charge is -2.03. The van der Waals surface area contributed by atoms with Gasteiger partial charge in [0.2, 0.25) is 0 Å². The first-order chi connectivity index (χ1) is 13.9. The summed E-state index contributed by atoms with van der Waals surface area (Å²) in [5, 5.41) is 0. The second kappa shape index (κ2) is 6.14. The van der Waals surface area contributed by atoms with Gasteiger partial charge in [-0.15, -0.1) is 0 Å². The molecule has 29 heavy (non-hydrogen) atoms. The smallest absolute Gasteiger partial charge is 0.197 e. The van der Waals surface area contributed by atoms with Crippen LogP contribution in [0.3, 0.4) is 0 Å². The Morgan fingerprint density at radius 2 is 1.66 bits per heavy atom. The average molecular weight is 385 g/mol. The predicted octanol–water partition coefficient (Wildman–Crippen LogP) is 5.35. The van der Waals surface area contributed by atoms with Gasteiger partial charge in [0.25, 0.3) is 0 Å². The fraction of sp³-hybridized carbons (Fsp3) is 0.0833. The second-order valence-electron chi connectivity index (χ2n) is 7.22. The fourth-order valence-corrected chi connectivity index (χ4v) is 3.81. The quantitative estimate of drug-likeness (QED) is 0.345. The van der Waals surface area contributed by atoms with E-state index in [-0.39, 0.29) is 16.7 Å². The zero-order valence-electron chi connectivity index (χ0n) is 15.8. The summed E-state index contributed by atoms with van der Waals surface area (Å²) in [6, 6.07) is 16.2. The number of hydrogen-bond acceptors (Lipinski definition) is 3. The third-order valence-electron chi connectivity index (χ3n) is 5.38. The van der Waals surface area contributed by atoms with E-state index in [9.17, 15) is 14.0 Å². The molecule has 0 fully saturated rings. The van der Waals surface area contributed by atoms with Crippen LogP contribution in [0.4, 0.5) is 4.39 Å². The Morgan fingerprint density at radius 3 is 2.34 bits per heavy atom. The molecule has 0 atom stereocenters.